The van der Waals surface area contributed by atoms with Crippen LogP contribution in [0.3, 0.4) is 0 Å². The number of aromatic nitrogens is 3. The third-order valence-corrected chi connectivity index (χ3v) is 5.69. The maximum Gasteiger partial charge on any atom is 0.250 e. The summed E-state index contributed by atoms with van der Waals surface area (Å²) in [6.07, 6.45) is 3.75. The lowest BCUT2D eigenvalue weighted by molar-refractivity contribution is -0.0555. The number of aldehydes is 1. The summed E-state index contributed by atoms with van der Waals surface area (Å²) in [7, 11) is 0. The lowest BCUT2D eigenvalue weighted by Gasteiger charge is -2.31. The molecule has 0 spiro atoms. The van der Waals surface area contributed by atoms with Crippen molar-refractivity contribution in [2.45, 2.75) is 32.2 Å². The van der Waals surface area contributed by atoms with E-state index in [2.05, 4.69) is 10.3 Å². The summed E-state index contributed by atoms with van der Waals surface area (Å²) >= 11 is 0. The number of benzene rings is 1. The van der Waals surface area contributed by atoms with Gasteiger partial charge in [-0.3, -0.25) is 9.78 Å². The number of halogens is 2. The second-order valence-electron chi connectivity index (χ2n) is 7.81. The third-order valence-electron chi connectivity index (χ3n) is 5.69. The maximum absolute atomic E-state index is 13.5. The molecule has 0 unspecified atom stereocenters. The summed E-state index contributed by atoms with van der Waals surface area (Å²) in [6.45, 7) is 3.89. The van der Waals surface area contributed by atoms with E-state index in [1.54, 1.807) is 18.5 Å². The van der Waals surface area contributed by atoms with Crippen molar-refractivity contribution in [3.8, 4) is 11.3 Å². The molecule has 1 aliphatic heterocycles. The monoisotopic (exact) mass is 425 g/mol. The first-order valence-corrected chi connectivity index (χ1v) is 10.4. The van der Waals surface area contributed by atoms with Crippen LogP contribution in [-0.4, -0.2) is 51.5 Å². The lowest BCUT2D eigenvalue weighted by atomic mass is 10.1. The van der Waals surface area contributed by atoms with Crippen molar-refractivity contribution >= 4 is 17.8 Å². The number of pyridine rings is 1. The molecule has 0 radical (unpaired) electrons. The summed E-state index contributed by atoms with van der Waals surface area (Å²) < 4.78 is 28.8. The highest BCUT2D eigenvalue weighted by atomic mass is 19.3. The number of nitrogens with one attached hydrogen (secondary N) is 1. The largest absolute Gasteiger partial charge is 0.338 e. The van der Waals surface area contributed by atoms with E-state index < -0.39 is 5.92 Å². The van der Waals surface area contributed by atoms with E-state index in [9.17, 15) is 13.6 Å². The van der Waals surface area contributed by atoms with E-state index in [1.165, 1.54) is 0 Å². The molecule has 1 aromatic carbocycles. The van der Waals surface area contributed by atoms with Gasteiger partial charge in [-0.1, -0.05) is 30.3 Å². The molecule has 0 atom stereocenters. The van der Waals surface area contributed by atoms with Gasteiger partial charge in [0.2, 0.25) is 0 Å². The predicted molar refractivity (Wildman–Crippen MR) is 116 cm³/mol. The van der Waals surface area contributed by atoms with Crippen molar-refractivity contribution in [1.82, 2.24) is 19.7 Å². The molecule has 3 aromatic rings. The molecule has 0 bridgehead atoms. The van der Waals surface area contributed by atoms with E-state index in [0.717, 1.165) is 28.9 Å². The molecule has 3 heterocycles. The molecule has 6 nitrogen and oxygen atoms in total. The van der Waals surface area contributed by atoms with Gasteiger partial charge >= 0.3 is 0 Å². The number of hydrogen-bond acceptors (Lipinski definition) is 5. The first-order chi connectivity index (χ1) is 15.0. The van der Waals surface area contributed by atoms with Gasteiger partial charge in [-0.2, -0.15) is 5.10 Å². The highest BCUT2D eigenvalue weighted by Gasteiger charge is 2.33. The van der Waals surface area contributed by atoms with Crippen molar-refractivity contribution in [3.63, 3.8) is 0 Å². The molecule has 8 heteroatoms. The third kappa shape index (κ3) is 4.80. The smallest absolute Gasteiger partial charge is 0.250 e. The summed E-state index contributed by atoms with van der Waals surface area (Å²) in [5, 5.41) is 8.13. The highest BCUT2D eigenvalue weighted by Crippen LogP contribution is 2.31. The zero-order chi connectivity index (χ0) is 21.8. The summed E-state index contributed by atoms with van der Waals surface area (Å²) in [4.78, 5) is 17.6. The Morgan fingerprint density at radius 1 is 1.13 bits per heavy atom. The minimum atomic E-state index is -2.56. The van der Waals surface area contributed by atoms with Crippen LogP contribution in [0.2, 0.25) is 0 Å². The fourth-order valence-electron chi connectivity index (χ4n) is 3.82. The maximum atomic E-state index is 13.5. The average Bonchev–Trinajstić information content (AvgIpc) is 3.09. The number of likely N-dealkylation sites (tertiary alicyclic amines) is 1. The molecular weight excluding hydrogens is 400 g/mol. The Bertz CT molecular complexity index is 1040. The van der Waals surface area contributed by atoms with Gasteiger partial charge in [0.25, 0.3) is 5.92 Å². The Kier molecular flexibility index (Phi) is 6.08. The second-order valence-corrected chi connectivity index (χ2v) is 7.81. The van der Waals surface area contributed by atoms with Gasteiger partial charge in [0.15, 0.2) is 6.29 Å². The van der Waals surface area contributed by atoms with Crippen LogP contribution in [0.25, 0.3) is 11.3 Å². The van der Waals surface area contributed by atoms with Crippen molar-refractivity contribution < 1.29 is 13.6 Å². The molecule has 1 N–H and O–H groups in total. The van der Waals surface area contributed by atoms with E-state index in [-0.39, 0.29) is 12.8 Å². The van der Waals surface area contributed by atoms with Crippen LogP contribution >= 0.6 is 0 Å². The topological polar surface area (TPSA) is 63.1 Å². The van der Waals surface area contributed by atoms with Gasteiger partial charge in [-0.15, -0.1) is 0 Å². The van der Waals surface area contributed by atoms with E-state index in [0.29, 0.717) is 37.4 Å². The van der Waals surface area contributed by atoms with Crippen LogP contribution in [0.5, 0.6) is 0 Å². The van der Waals surface area contributed by atoms with Crippen molar-refractivity contribution in [3.05, 3.63) is 59.9 Å². The highest BCUT2D eigenvalue weighted by molar-refractivity contribution is 5.86. The summed E-state index contributed by atoms with van der Waals surface area (Å²) in [5.74, 6) is -1.80. The Hall–Kier alpha value is -3.13. The number of rotatable bonds is 7. The molecule has 1 saturated heterocycles. The number of piperidine rings is 1. The molecule has 1 aliphatic rings. The molecule has 162 valence electrons. The average molecular weight is 425 g/mol. The zero-order valence-corrected chi connectivity index (χ0v) is 17.4. The lowest BCUT2D eigenvalue weighted by Crippen LogP contribution is -2.40. The molecule has 4 rings (SSSR count). The fourth-order valence-corrected chi connectivity index (χ4v) is 3.82. The van der Waals surface area contributed by atoms with E-state index in [1.807, 2.05) is 46.8 Å². The van der Waals surface area contributed by atoms with Gasteiger partial charge in [0.05, 0.1) is 24.1 Å². The Labute approximate surface area is 179 Å². The van der Waals surface area contributed by atoms with E-state index >= 15 is 0 Å². The van der Waals surface area contributed by atoms with Gasteiger partial charge in [-0.25, -0.2) is 13.5 Å². The standard InChI is InChI=1S/C23H25F2N5O/c1-17-21(18-5-3-2-4-6-18)28-30(14-13-29-11-8-23(24,25)9-12-29)22(17)27-20-15-26-10-7-19(20)16-31/h2-7,10,15-16,27H,8-9,11-14H2,1H3. The molecular formula is C23H25F2N5O. The van der Waals surface area contributed by atoms with Crippen LogP contribution in [0.15, 0.2) is 48.8 Å². The van der Waals surface area contributed by atoms with Gasteiger partial charge in [0.1, 0.15) is 5.82 Å². The normalized spacial score (nSPS) is 16.2. The Balaban J connectivity index is 1.62. The number of hydrogen-bond donors (Lipinski definition) is 1. The first-order valence-electron chi connectivity index (χ1n) is 10.4. The second kappa shape index (κ2) is 8.93. The zero-order valence-electron chi connectivity index (χ0n) is 17.4. The molecule has 0 saturated carbocycles. The van der Waals surface area contributed by atoms with Crippen molar-refractivity contribution in [2.75, 3.05) is 25.0 Å². The van der Waals surface area contributed by atoms with Crippen molar-refractivity contribution in [1.29, 1.82) is 0 Å². The van der Waals surface area contributed by atoms with Gasteiger partial charge in [-0.05, 0) is 13.0 Å². The number of nitrogens with zero attached hydrogens (tertiary/aromatic N) is 4. The number of carbonyl (C=O) groups excluding carboxylic acids is 1. The van der Waals surface area contributed by atoms with Gasteiger partial charge in [0, 0.05) is 55.4 Å². The number of anilines is 2. The molecule has 1 fully saturated rings. The quantitative estimate of drug-likeness (QED) is 0.563. The minimum Gasteiger partial charge on any atom is -0.338 e. The van der Waals surface area contributed by atoms with Crippen LogP contribution in [-0.2, 0) is 6.54 Å². The molecule has 0 aliphatic carbocycles. The van der Waals surface area contributed by atoms with Crippen LogP contribution < -0.4 is 5.32 Å². The summed E-state index contributed by atoms with van der Waals surface area (Å²) in [6, 6.07) is 11.5. The van der Waals surface area contributed by atoms with E-state index in [4.69, 9.17) is 5.10 Å². The van der Waals surface area contributed by atoms with Crippen LogP contribution in [0.1, 0.15) is 28.8 Å². The Morgan fingerprint density at radius 2 is 1.87 bits per heavy atom. The predicted octanol–water partition coefficient (Wildman–Crippen LogP) is 4.54. The molecule has 31 heavy (non-hydrogen) atoms. The summed E-state index contributed by atoms with van der Waals surface area (Å²) in [5.41, 5.74) is 3.86. The minimum absolute atomic E-state index is 0.107. The first kappa shape index (κ1) is 21.1. The van der Waals surface area contributed by atoms with Gasteiger partial charge < -0.3 is 10.2 Å². The number of carbonyl (C=O) groups is 1. The van der Waals surface area contributed by atoms with Crippen LogP contribution in [0, 0.1) is 6.92 Å². The molecule has 2 aromatic heterocycles. The number of alkyl halides is 2. The van der Waals surface area contributed by atoms with Crippen molar-refractivity contribution in [2.24, 2.45) is 0 Å². The fraction of sp³-hybridized carbons (Fsp3) is 0.348. The van der Waals surface area contributed by atoms with Crippen LogP contribution in [0.4, 0.5) is 20.3 Å². The Morgan fingerprint density at radius 3 is 2.58 bits per heavy atom. The SMILES string of the molecule is Cc1c(-c2ccccc2)nn(CCN2CCC(F)(F)CC2)c1Nc1cnccc1C=O. The molecule has 0 amide bonds.